The lowest BCUT2D eigenvalue weighted by Crippen LogP contribution is -2.51. The highest BCUT2D eigenvalue weighted by atomic mass is 16.4. The highest BCUT2D eigenvalue weighted by Crippen LogP contribution is 2.33. The summed E-state index contributed by atoms with van der Waals surface area (Å²) in [5, 5.41) is 18.5. The van der Waals surface area contributed by atoms with Crippen molar-refractivity contribution in [3.8, 4) is 6.07 Å². The lowest BCUT2D eigenvalue weighted by molar-refractivity contribution is -0.132. The van der Waals surface area contributed by atoms with E-state index in [1.807, 2.05) is 0 Å². The number of hydrogen-bond donors (Lipinski definition) is 2. The molecule has 2 aliphatic rings. The summed E-state index contributed by atoms with van der Waals surface area (Å²) in [6, 6.07) is 6.50. The maximum atomic E-state index is 13.1. The highest BCUT2D eigenvalue weighted by molar-refractivity contribution is 5.94. The van der Waals surface area contributed by atoms with E-state index < -0.39 is 30.0 Å². The molecule has 2 saturated heterocycles. The summed E-state index contributed by atoms with van der Waals surface area (Å²) in [6.07, 6.45) is 2.25. The Morgan fingerprint density at radius 3 is 2.58 bits per heavy atom. The number of carbonyl (C=O) groups is 3. The summed E-state index contributed by atoms with van der Waals surface area (Å²) in [6.45, 7) is 0.512. The quantitative estimate of drug-likeness (QED) is 0.818. The average Bonchev–Trinajstić information content (AvgIpc) is 3.28. The van der Waals surface area contributed by atoms with E-state index in [1.54, 1.807) is 21.9 Å². The number of carboxylic acid groups (broad SMARTS) is 1. The second kappa shape index (κ2) is 7.04. The van der Waals surface area contributed by atoms with Crippen molar-refractivity contribution in [2.45, 2.75) is 43.8 Å². The second-order valence-corrected chi connectivity index (χ2v) is 6.59. The van der Waals surface area contributed by atoms with Crippen molar-refractivity contribution in [2.24, 2.45) is 5.73 Å². The Kier molecular flexibility index (Phi) is 4.80. The minimum Gasteiger partial charge on any atom is -0.478 e. The lowest BCUT2D eigenvalue weighted by atomic mass is 10.1. The number of nitrogens with two attached hydrogens (primary N) is 1. The minimum atomic E-state index is -1.09. The van der Waals surface area contributed by atoms with E-state index in [0.717, 1.165) is 6.42 Å². The highest BCUT2D eigenvalue weighted by Gasteiger charge is 2.44. The zero-order valence-corrected chi connectivity index (χ0v) is 14.2. The van der Waals surface area contributed by atoms with Gasteiger partial charge in [-0.3, -0.25) is 9.59 Å². The van der Waals surface area contributed by atoms with Crippen LogP contribution in [0.4, 0.5) is 5.69 Å². The molecule has 3 rings (SSSR count). The van der Waals surface area contributed by atoms with Crippen LogP contribution in [-0.2, 0) is 9.59 Å². The first kappa shape index (κ1) is 17.7. The standard InChI is InChI=1S/C18H20N4O4/c19-10-13-5-2-8-21(13)17(24)15-7-6-14(16(20)23)22(15)12-4-1-3-11(9-12)18(25)26/h1,3-4,9,13-15H,2,5-8H2,(H2,20,23)(H,25,26)/t13-,14?,15?/m0/s1. The number of nitriles is 1. The summed E-state index contributed by atoms with van der Waals surface area (Å²) in [4.78, 5) is 39.4. The fraction of sp³-hybridized carbons (Fsp3) is 0.444. The van der Waals surface area contributed by atoms with Crippen LogP contribution in [0, 0.1) is 11.3 Å². The number of primary amides is 1. The number of anilines is 1. The molecule has 1 aromatic carbocycles. The van der Waals surface area contributed by atoms with Crippen LogP contribution in [0.25, 0.3) is 0 Å². The van der Waals surface area contributed by atoms with Crippen LogP contribution in [0.1, 0.15) is 36.0 Å². The Hall–Kier alpha value is -3.08. The van der Waals surface area contributed by atoms with Gasteiger partial charge < -0.3 is 20.6 Å². The van der Waals surface area contributed by atoms with Gasteiger partial charge in [0.05, 0.1) is 11.6 Å². The molecule has 26 heavy (non-hydrogen) atoms. The van der Waals surface area contributed by atoms with E-state index in [0.29, 0.717) is 31.5 Å². The molecule has 3 atom stereocenters. The van der Waals surface area contributed by atoms with Crippen molar-refractivity contribution in [3.63, 3.8) is 0 Å². The van der Waals surface area contributed by atoms with Gasteiger partial charge in [-0.05, 0) is 43.9 Å². The van der Waals surface area contributed by atoms with E-state index >= 15 is 0 Å². The van der Waals surface area contributed by atoms with Crippen LogP contribution in [-0.4, -0.2) is 52.5 Å². The van der Waals surface area contributed by atoms with Gasteiger partial charge in [0.25, 0.3) is 0 Å². The SMILES string of the molecule is N#C[C@@H]1CCCN1C(=O)C1CCC(C(N)=O)N1c1cccc(C(=O)O)c1. The summed E-state index contributed by atoms with van der Waals surface area (Å²) < 4.78 is 0. The number of carbonyl (C=O) groups excluding carboxylic acids is 2. The first-order chi connectivity index (χ1) is 12.4. The third-order valence-electron chi connectivity index (χ3n) is 5.07. The number of amides is 2. The van der Waals surface area contributed by atoms with E-state index in [4.69, 9.17) is 5.73 Å². The van der Waals surface area contributed by atoms with Gasteiger partial charge >= 0.3 is 5.97 Å². The van der Waals surface area contributed by atoms with Crippen molar-refractivity contribution in [1.82, 2.24) is 4.90 Å². The van der Waals surface area contributed by atoms with Crippen LogP contribution in [0.3, 0.4) is 0 Å². The molecule has 2 amide bonds. The van der Waals surface area contributed by atoms with Crippen molar-refractivity contribution in [2.75, 3.05) is 11.4 Å². The third-order valence-corrected chi connectivity index (χ3v) is 5.07. The topological polar surface area (TPSA) is 128 Å². The Balaban J connectivity index is 1.96. The zero-order chi connectivity index (χ0) is 18.8. The van der Waals surface area contributed by atoms with Gasteiger partial charge in [-0.15, -0.1) is 0 Å². The van der Waals surface area contributed by atoms with Crippen molar-refractivity contribution >= 4 is 23.5 Å². The van der Waals surface area contributed by atoms with Gasteiger partial charge in [0.2, 0.25) is 11.8 Å². The van der Waals surface area contributed by atoms with Gasteiger partial charge in [0.1, 0.15) is 18.1 Å². The monoisotopic (exact) mass is 356 g/mol. The molecule has 1 aromatic rings. The Labute approximate surface area is 150 Å². The average molecular weight is 356 g/mol. The van der Waals surface area contributed by atoms with Gasteiger partial charge in [-0.2, -0.15) is 5.26 Å². The second-order valence-electron chi connectivity index (χ2n) is 6.59. The van der Waals surface area contributed by atoms with Gasteiger partial charge in [-0.25, -0.2) is 4.79 Å². The molecule has 0 saturated carbocycles. The molecular formula is C18H20N4O4. The maximum absolute atomic E-state index is 13.1. The molecule has 136 valence electrons. The molecule has 8 nitrogen and oxygen atoms in total. The fourth-order valence-electron chi connectivity index (χ4n) is 3.85. The van der Waals surface area contributed by atoms with Gasteiger partial charge in [0, 0.05) is 12.2 Å². The third kappa shape index (κ3) is 3.08. The molecule has 0 radical (unpaired) electrons. The fourth-order valence-corrected chi connectivity index (χ4v) is 3.85. The van der Waals surface area contributed by atoms with Crippen LogP contribution in [0.5, 0.6) is 0 Å². The van der Waals surface area contributed by atoms with E-state index in [9.17, 15) is 24.8 Å². The molecule has 0 aromatic heterocycles. The van der Waals surface area contributed by atoms with Crippen molar-refractivity contribution in [3.05, 3.63) is 29.8 Å². The van der Waals surface area contributed by atoms with Crippen LogP contribution < -0.4 is 10.6 Å². The molecular weight excluding hydrogens is 336 g/mol. The number of benzene rings is 1. The number of hydrogen-bond acceptors (Lipinski definition) is 5. The predicted octanol–water partition coefficient (Wildman–Crippen LogP) is 0.722. The first-order valence-corrected chi connectivity index (χ1v) is 8.55. The summed E-state index contributed by atoms with van der Waals surface area (Å²) in [5.41, 5.74) is 6.06. The number of likely N-dealkylation sites (tertiary alicyclic amines) is 1. The molecule has 2 unspecified atom stereocenters. The maximum Gasteiger partial charge on any atom is 0.335 e. The Bertz CT molecular complexity index is 788. The number of nitrogens with zero attached hydrogens (tertiary/aromatic N) is 3. The summed E-state index contributed by atoms with van der Waals surface area (Å²) >= 11 is 0. The lowest BCUT2D eigenvalue weighted by Gasteiger charge is -2.33. The predicted molar refractivity (Wildman–Crippen MR) is 92.2 cm³/mol. The first-order valence-electron chi connectivity index (χ1n) is 8.55. The molecule has 8 heteroatoms. The Morgan fingerprint density at radius 1 is 1.19 bits per heavy atom. The smallest absolute Gasteiger partial charge is 0.335 e. The van der Waals surface area contributed by atoms with E-state index in [1.165, 1.54) is 12.1 Å². The molecule has 2 fully saturated rings. The zero-order valence-electron chi connectivity index (χ0n) is 14.2. The number of aromatic carboxylic acids is 1. The number of rotatable bonds is 4. The van der Waals surface area contributed by atoms with Crippen molar-refractivity contribution in [1.29, 1.82) is 5.26 Å². The van der Waals surface area contributed by atoms with Crippen LogP contribution in [0.2, 0.25) is 0 Å². The summed E-state index contributed by atoms with van der Waals surface area (Å²) in [7, 11) is 0. The molecule has 2 aliphatic heterocycles. The molecule has 3 N–H and O–H groups in total. The summed E-state index contributed by atoms with van der Waals surface area (Å²) in [5.74, 6) is -1.86. The molecule has 0 aliphatic carbocycles. The van der Waals surface area contributed by atoms with E-state index in [2.05, 4.69) is 6.07 Å². The normalized spacial score (nSPS) is 25.1. The molecule has 2 heterocycles. The van der Waals surface area contributed by atoms with Crippen molar-refractivity contribution < 1.29 is 19.5 Å². The minimum absolute atomic E-state index is 0.0693. The largest absolute Gasteiger partial charge is 0.478 e. The van der Waals surface area contributed by atoms with Crippen LogP contribution >= 0.6 is 0 Å². The van der Waals surface area contributed by atoms with Crippen LogP contribution in [0.15, 0.2) is 24.3 Å². The number of carboxylic acids is 1. The Morgan fingerprint density at radius 2 is 1.92 bits per heavy atom. The molecule has 0 spiro atoms. The van der Waals surface area contributed by atoms with E-state index in [-0.39, 0.29) is 11.5 Å². The van der Waals surface area contributed by atoms with Gasteiger partial charge in [-0.1, -0.05) is 6.07 Å². The molecule has 0 bridgehead atoms. The van der Waals surface area contributed by atoms with Gasteiger partial charge in [0.15, 0.2) is 0 Å².